The lowest BCUT2D eigenvalue weighted by atomic mass is 10.00. The van der Waals surface area contributed by atoms with Gasteiger partial charge in [-0.3, -0.25) is 0 Å². The number of hydrogen-bond acceptors (Lipinski definition) is 4. The smallest absolute Gasteiger partial charge is 0.348 e. The molecule has 0 aliphatic carbocycles. The number of thiophene rings is 1. The van der Waals surface area contributed by atoms with Crippen LogP contribution in [0.3, 0.4) is 0 Å². The van der Waals surface area contributed by atoms with Gasteiger partial charge in [0.25, 0.3) is 0 Å². The molecule has 0 aromatic carbocycles. The molecule has 0 saturated carbocycles. The van der Waals surface area contributed by atoms with Crippen LogP contribution in [0.2, 0.25) is 0 Å². The summed E-state index contributed by atoms with van der Waals surface area (Å²) >= 11 is 1.48. The summed E-state index contributed by atoms with van der Waals surface area (Å²) in [6, 6.07) is 3.76. The van der Waals surface area contributed by atoms with Gasteiger partial charge >= 0.3 is 5.97 Å². The van der Waals surface area contributed by atoms with Crippen LogP contribution in [-0.2, 0) is 11.2 Å². The van der Waals surface area contributed by atoms with Crippen molar-refractivity contribution in [2.45, 2.75) is 32.2 Å². The molecule has 1 aromatic rings. The Morgan fingerprint density at radius 2 is 2.20 bits per heavy atom. The number of ether oxygens (including phenoxy) is 1. The zero-order chi connectivity index (χ0) is 11.5. The predicted octanol–water partition coefficient (Wildman–Crippen LogP) is 2.20. The first-order valence-electron chi connectivity index (χ1n) is 4.88. The van der Waals surface area contributed by atoms with E-state index in [1.807, 2.05) is 19.9 Å². The van der Waals surface area contributed by atoms with Gasteiger partial charge in [0, 0.05) is 10.4 Å². The standard InChI is InChI=1S/C11H17NO2S/c1-11(2,12)7-6-8-4-5-9(15-8)10(13)14-3/h4-5H,6-7,12H2,1-3H3. The van der Waals surface area contributed by atoms with Crippen molar-refractivity contribution in [1.82, 2.24) is 0 Å². The van der Waals surface area contributed by atoms with Crippen molar-refractivity contribution in [2.75, 3.05) is 7.11 Å². The molecule has 0 fully saturated rings. The van der Waals surface area contributed by atoms with Gasteiger partial charge < -0.3 is 10.5 Å². The number of aryl methyl sites for hydroxylation is 1. The number of hydrogen-bond donors (Lipinski definition) is 1. The van der Waals surface area contributed by atoms with Crippen LogP contribution in [0, 0.1) is 0 Å². The Balaban J connectivity index is 2.57. The second-order valence-electron chi connectivity index (χ2n) is 4.25. The SMILES string of the molecule is COC(=O)c1ccc(CCC(C)(C)N)s1. The highest BCUT2D eigenvalue weighted by Crippen LogP contribution is 2.20. The van der Waals surface area contributed by atoms with E-state index < -0.39 is 0 Å². The molecule has 3 nitrogen and oxygen atoms in total. The molecule has 0 aliphatic heterocycles. The Bertz CT molecular complexity index is 339. The largest absolute Gasteiger partial charge is 0.465 e. The topological polar surface area (TPSA) is 52.3 Å². The maximum atomic E-state index is 11.2. The minimum Gasteiger partial charge on any atom is -0.465 e. The monoisotopic (exact) mass is 227 g/mol. The van der Waals surface area contributed by atoms with Crippen LogP contribution in [0.25, 0.3) is 0 Å². The van der Waals surface area contributed by atoms with E-state index in [0.717, 1.165) is 12.8 Å². The van der Waals surface area contributed by atoms with Crippen LogP contribution in [0.15, 0.2) is 12.1 Å². The van der Waals surface area contributed by atoms with E-state index in [9.17, 15) is 4.79 Å². The van der Waals surface area contributed by atoms with Gasteiger partial charge in [0.05, 0.1) is 7.11 Å². The third kappa shape index (κ3) is 4.01. The lowest BCUT2D eigenvalue weighted by Crippen LogP contribution is -2.32. The molecule has 0 atom stereocenters. The van der Waals surface area contributed by atoms with Gasteiger partial charge in [-0.15, -0.1) is 11.3 Å². The summed E-state index contributed by atoms with van der Waals surface area (Å²) < 4.78 is 4.64. The van der Waals surface area contributed by atoms with Crippen molar-refractivity contribution in [3.05, 3.63) is 21.9 Å². The highest BCUT2D eigenvalue weighted by atomic mass is 32.1. The summed E-state index contributed by atoms with van der Waals surface area (Å²) in [4.78, 5) is 13.0. The third-order valence-corrected chi connectivity index (χ3v) is 3.19. The maximum Gasteiger partial charge on any atom is 0.348 e. The van der Waals surface area contributed by atoms with Crippen LogP contribution in [0.1, 0.15) is 34.8 Å². The molecule has 0 aliphatic rings. The van der Waals surface area contributed by atoms with Crippen LogP contribution in [0.4, 0.5) is 0 Å². The van der Waals surface area contributed by atoms with Gasteiger partial charge in [-0.25, -0.2) is 4.79 Å². The average molecular weight is 227 g/mol. The number of carbonyl (C=O) groups is 1. The van der Waals surface area contributed by atoms with Crippen LogP contribution in [0.5, 0.6) is 0 Å². The molecular weight excluding hydrogens is 210 g/mol. The summed E-state index contributed by atoms with van der Waals surface area (Å²) in [5, 5.41) is 0. The van der Waals surface area contributed by atoms with Gasteiger partial charge in [0.1, 0.15) is 4.88 Å². The van der Waals surface area contributed by atoms with Crippen molar-refractivity contribution < 1.29 is 9.53 Å². The molecule has 0 unspecified atom stereocenters. The summed E-state index contributed by atoms with van der Waals surface area (Å²) in [6.45, 7) is 4.00. The Labute approximate surface area is 94.2 Å². The number of rotatable bonds is 4. The summed E-state index contributed by atoms with van der Waals surface area (Å²) in [7, 11) is 1.39. The van der Waals surface area contributed by atoms with Crippen LogP contribution < -0.4 is 5.73 Å². The minimum atomic E-state index is -0.266. The second kappa shape index (κ2) is 4.77. The van der Waals surface area contributed by atoms with Gasteiger partial charge in [0.15, 0.2) is 0 Å². The number of carbonyl (C=O) groups excluding carboxylic acids is 1. The minimum absolute atomic E-state index is 0.157. The number of methoxy groups -OCH3 is 1. The molecule has 0 saturated heterocycles. The van der Waals surface area contributed by atoms with Crippen molar-refractivity contribution in [1.29, 1.82) is 0 Å². The first-order chi connectivity index (χ1) is 6.92. The molecule has 0 radical (unpaired) electrons. The van der Waals surface area contributed by atoms with Gasteiger partial charge in [-0.2, -0.15) is 0 Å². The van der Waals surface area contributed by atoms with Crippen LogP contribution in [-0.4, -0.2) is 18.6 Å². The molecule has 1 heterocycles. The maximum absolute atomic E-state index is 11.2. The molecule has 0 amide bonds. The molecule has 4 heteroatoms. The molecular formula is C11H17NO2S. The van der Waals surface area contributed by atoms with E-state index in [-0.39, 0.29) is 11.5 Å². The predicted molar refractivity (Wildman–Crippen MR) is 62.2 cm³/mol. The van der Waals surface area contributed by atoms with Gasteiger partial charge in [-0.05, 0) is 38.8 Å². The number of esters is 1. The first kappa shape index (κ1) is 12.2. The normalized spacial score (nSPS) is 11.5. The average Bonchev–Trinajstić information content (AvgIpc) is 2.61. The molecule has 0 spiro atoms. The van der Waals surface area contributed by atoms with E-state index in [1.165, 1.54) is 23.3 Å². The van der Waals surface area contributed by atoms with E-state index in [0.29, 0.717) is 4.88 Å². The number of nitrogens with two attached hydrogens (primary N) is 1. The molecule has 2 N–H and O–H groups in total. The first-order valence-corrected chi connectivity index (χ1v) is 5.70. The lowest BCUT2D eigenvalue weighted by molar-refractivity contribution is 0.0606. The Kier molecular flexibility index (Phi) is 3.88. The van der Waals surface area contributed by atoms with Gasteiger partial charge in [-0.1, -0.05) is 0 Å². The second-order valence-corrected chi connectivity index (χ2v) is 5.41. The third-order valence-electron chi connectivity index (χ3n) is 2.06. The van der Waals surface area contributed by atoms with Crippen molar-refractivity contribution >= 4 is 17.3 Å². The fourth-order valence-electron chi connectivity index (χ4n) is 1.17. The van der Waals surface area contributed by atoms with Crippen molar-refractivity contribution in [2.24, 2.45) is 5.73 Å². The lowest BCUT2D eigenvalue weighted by Gasteiger charge is -2.17. The fourth-order valence-corrected chi connectivity index (χ4v) is 2.09. The van der Waals surface area contributed by atoms with Crippen molar-refractivity contribution in [3.63, 3.8) is 0 Å². The highest BCUT2D eigenvalue weighted by molar-refractivity contribution is 7.13. The zero-order valence-electron chi connectivity index (χ0n) is 9.37. The zero-order valence-corrected chi connectivity index (χ0v) is 10.2. The Hall–Kier alpha value is -0.870. The Morgan fingerprint density at radius 1 is 1.53 bits per heavy atom. The molecule has 0 bridgehead atoms. The summed E-state index contributed by atoms with van der Waals surface area (Å²) in [5.74, 6) is -0.266. The molecule has 15 heavy (non-hydrogen) atoms. The van der Waals surface area contributed by atoms with E-state index >= 15 is 0 Å². The van der Waals surface area contributed by atoms with E-state index in [1.54, 1.807) is 6.07 Å². The summed E-state index contributed by atoms with van der Waals surface area (Å²) in [6.07, 6.45) is 1.82. The van der Waals surface area contributed by atoms with E-state index in [4.69, 9.17) is 5.73 Å². The van der Waals surface area contributed by atoms with Crippen LogP contribution >= 0.6 is 11.3 Å². The molecule has 84 valence electrons. The fraction of sp³-hybridized carbons (Fsp3) is 0.545. The van der Waals surface area contributed by atoms with E-state index in [2.05, 4.69) is 4.74 Å². The van der Waals surface area contributed by atoms with Gasteiger partial charge in [0.2, 0.25) is 0 Å². The molecule has 1 aromatic heterocycles. The highest BCUT2D eigenvalue weighted by Gasteiger charge is 2.13. The quantitative estimate of drug-likeness (QED) is 0.802. The Morgan fingerprint density at radius 3 is 2.73 bits per heavy atom. The molecule has 1 rings (SSSR count). The van der Waals surface area contributed by atoms with Crippen molar-refractivity contribution in [3.8, 4) is 0 Å². The summed E-state index contributed by atoms with van der Waals surface area (Å²) in [5.41, 5.74) is 5.73.